The Kier molecular flexibility index (Phi) is 5.76. The lowest BCUT2D eigenvalue weighted by atomic mass is 9.82. The average Bonchev–Trinajstić information content (AvgIpc) is 3.01. The highest BCUT2D eigenvalue weighted by molar-refractivity contribution is 5.85. The minimum absolute atomic E-state index is 0.00335. The molecule has 1 aliphatic carbocycles. The number of aryl methyl sites for hydroxylation is 1. The van der Waals surface area contributed by atoms with Crippen molar-refractivity contribution in [1.29, 1.82) is 0 Å². The molecule has 142 valence electrons. The third kappa shape index (κ3) is 3.82. The van der Waals surface area contributed by atoms with Crippen LogP contribution in [0.3, 0.4) is 0 Å². The highest BCUT2D eigenvalue weighted by Gasteiger charge is 2.37. The Balaban J connectivity index is 1.56. The lowest BCUT2D eigenvalue weighted by molar-refractivity contribution is -0.151. The first-order valence-corrected chi connectivity index (χ1v) is 9.41. The van der Waals surface area contributed by atoms with E-state index in [9.17, 15) is 14.7 Å². The van der Waals surface area contributed by atoms with Crippen LogP contribution in [0.15, 0.2) is 18.3 Å². The fourth-order valence-electron chi connectivity index (χ4n) is 3.92. The molecule has 1 amide bonds. The van der Waals surface area contributed by atoms with Gasteiger partial charge in [0.25, 0.3) is 0 Å². The van der Waals surface area contributed by atoms with E-state index in [1.807, 2.05) is 27.9 Å². The van der Waals surface area contributed by atoms with E-state index in [0.29, 0.717) is 25.9 Å². The first-order valence-electron chi connectivity index (χ1n) is 9.41. The summed E-state index contributed by atoms with van der Waals surface area (Å²) in [4.78, 5) is 28.5. The zero-order valence-electron chi connectivity index (χ0n) is 15.6. The van der Waals surface area contributed by atoms with Crippen molar-refractivity contribution < 1.29 is 14.7 Å². The molecule has 7 nitrogen and oxygen atoms in total. The molecule has 0 radical (unpaired) electrons. The highest BCUT2D eigenvalue weighted by Crippen LogP contribution is 2.28. The molecule has 1 saturated heterocycles. The van der Waals surface area contributed by atoms with Crippen LogP contribution >= 0.6 is 0 Å². The van der Waals surface area contributed by atoms with Crippen LogP contribution < -0.4 is 0 Å². The number of carboxylic acid groups (broad SMARTS) is 1. The van der Waals surface area contributed by atoms with Gasteiger partial charge in [-0.1, -0.05) is 12.2 Å². The zero-order chi connectivity index (χ0) is 18.7. The third-order valence-corrected chi connectivity index (χ3v) is 5.65. The molecule has 1 aliphatic heterocycles. The Morgan fingerprint density at radius 2 is 1.81 bits per heavy atom. The van der Waals surface area contributed by atoms with Crippen LogP contribution in [0.5, 0.6) is 0 Å². The summed E-state index contributed by atoms with van der Waals surface area (Å²) in [5, 5.41) is 13.8. The number of hydrogen-bond acceptors (Lipinski definition) is 4. The van der Waals surface area contributed by atoms with Crippen LogP contribution in [0.1, 0.15) is 31.0 Å². The van der Waals surface area contributed by atoms with Crippen molar-refractivity contribution in [3.63, 3.8) is 0 Å². The Morgan fingerprint density at radius 3 is 2.38 bits per heavy atom. The molecular formula is C19H28N4O3. The number of amides is 1. The van der Waals surface area contributed by atoms with E-state index in [1.165, 1.54) is 11.3 Å². The Morgan fingerprint density at radius 1 is 1.15 bits per heavy atom. The molecule has 1 N–H and O–H groups in total. The van der Waals surface area contributed by atoms with Crippen molar-refractivity contribution in [3.05, 3.63) is 29.6 Å². The van der Waals surface area contributed by atoms with Gasteiger partial charge < -0.3 is 10.0 Å². The zero-order valence-corrected chi connectivity index (χ0v) is 15.6. The minimum atomic E-state index is -0.866. The van der Waals surface area contributed by atoms with Gasteiger partial charge in [0.05, 0.1) is 18.0 Å². The van der Waals surface area contributed by atoms with Crippen molar-refractivity contribution in [2.24, 2.45) is 11.8 Å². The molecule has 1 aromatic heterocycles. The van der Waals surface area contributed by atoms with Crippen LogP contribution in [0.2, 0.25) is 0 Å². The predicted molar refractivity (Wildman–Crippen MR) is 97.5 cm³/mol. The standard InChI is InChI=1S/C19H28N4O3/c1-3-23-14(2)15(12-20-23)13-21-8-10-22(11-9-21)18(24)16-6-4-5-7-17(16)19(25)26/h4-5,12,16-17H,3,6-11,13H2,1-2H3,(H,25,26)/t16-,17-/m0/s1. The van der Waals surface area contributed by atoms with Crippen LogP contribution in [-0.2, 0) is 22.7 Å². The number of allylic oxidation sites excluding steroid dienone is 2. The summed E-state index contributed by atoms with van der Waals surface area (Å²) in [7, 11) is 0. The van der Waals surface area contributed by atoms with Gasteiger partial charge in [0.2, 0.25) is 5.91 Å². The van der Waals surface area contributed by atoms with Gasteiger partial charge in [-0.05, 0) is 26.7 Å². The van der Waals surface area contributed by atoms with Gasteiger partial charge in [-0.2, -0.15) is 5.10 Å². The van der Waals surface area contributed by atoms with Crippen molar-refractivity contribution in [3.8, 4) is 0 Å². The largest absolute Gasteiger partial charge is 0.481 e. The summed E-state index contributed by atoms with van der Waals surface area (Å²) in [6.07, 6.45) is 6.73. The van der Waals surface area contributed by atoms with Gasteiger partial charge in [0.15, 0.2) is 0 Å². The first-order chi connectivity index (χ1) is 12.5. The molecule has 1 aromatic rings. The third-order valence-electron chi connectivity index (χ3n) is 5.65. The van der Waals surface area contributed by atoms with Gasteiger partial charge in [-0.25, -0.2) is 0 Å². The molecule has 7 heteroatoms. The fraction of sp³-hybridized carbons (Fsp3) is 0.632. The van der Waals surface area contributed by atoms with Crippen molar-refractivity contribution in [2.75, 3.05) is 26.2 Å². The van der Waals surface area contributed by atoms with E-state index < -0.39 is 17.8 Å². The Labute approximate surface area is 154 Å². The molecule has 0 aromatic carbocycles. The van der Waals surface area contributed by atoms with Crippen molar-refractivity contribution in [2.45, 2.75) is 39.8 Å². The minimum Gasteiger partial charge on any atom is -0.481 e. The summed E-state index contributed by atoms with van der Waals surface area (Å²) >= 11 is 0. The lowest BCUT2D eigenvalue weighted by Gasteiger charge is -2.37. The van der Waals surface area contributed by atoms with Gasteiger partial charge in [0, 0.05) is 50.5 Å². The number of nitrogens with zero attached hydrogens (tertiary/aromatic N) is 4. The van der Waals surface area contributed by atoms with Crippen molar-refractivity contribution >= 4 is 11.9 Å². The quantitative estimate of drug-likeness (QED) is 0.806. The summed E-state index contributed by atoms with van der Waals surface area (Å²) < 4.78 is 2.00. The number of piperazine rings is 1. The summed E-state index contributed by atoms with van der Waals surface area (Å²) in [6, 6.07) is 0. The molecule has 0 unspecified atom stereocenters. The van der Waals surface area contributed by atoms with Gasteiger partial charge in [0.1, 0.15) is 0 Å². The molecule has 2 atom stereocenters. The van der Waals surface area contributed by atoms with Gasteiger partial charge >= 0.3 is 5.97 Å². The van der Waals surface area contributed by atoms with E-state index in [-0.39, 0.29) is 5.91 Å². The van der Waals surface area contributed by atoms with E-state index in [2.05, 4.69) is 23.8 Å². The van der Waals surface area contributed by atoms with E-state index in [1.54, 1.807) is 0 Å². The summed E-state index contributed by atoms with van der Waals surface area (Å²) in [6.45, 7) is 8.82. The molecule has 3 rings (SSSR count). The number of rotatable bonds is 5. The number of carboxylic acids is 1. The van der Waals surface area contributed by atoms with Crippen LogP contribution in [0, 0.1) is 18.8 Å². The van der Waals surface area contributed by atoms with Crippen LogP contribution in [-0.4, -0.2) is 62.7 Å². The van der Waals surface area contributed by atoms with Crippen molar-refractivity contribution in [1.82, 2.24) is 19.6 Å². The molecule has 1 fully saturated rings. The van der Waals surface area contributed by atoms with E-state index in [4.69, 9.17) is 0 Å². The van der Waals surface area contributed by atoms with E-state index in [0.717, 1.165) is 26.2 Å². The lowest BCUT2D eigenvalue weighted by Crippen LogP contribution is -2.51. The second-order valence-corrected chi connectivity index (χ2v) is 7.17. The van der Waals surface area contributed by atoms with Gasteiger partial charge in [-0.3, -0.25) is 19.2 Å². The Hall–Kier alpha value is -2.15. The SMILES string of the molecule is CCn1ncc(CN2CCN(C(=O)[C@H]3CC=CC[C@@H]3C(=O)O)CC2)c1C. The number of carbonyl (C=O) groups excluding carboxylic acids is 1. The molecule has 26 heavy (non-hydrogen) atoms. The molecule has 0 bridgehead atoms. The second-order valence-electron chi connectivity index (χ2n) is 7.17. The average molecular weight is 360 g/mol. The van der Waals surface area contributed by atoms with E-state index >= 15 is 0 Å². The number of carbonyl (C=O) groups is 2. The molecule has 0 saturated carbocycles. The maximum Gasteiger partial charge on any atom is 0.307 e. The number of hydrogen-bond donors (Lipinski definition) is 1. The molecular weight excluding hydrogens is 332 g/mol. The maximum absolute atomic E-state index is 12.8. The topological polar surface area (TPSA) is 78.7 Å². The van der Waals surface area contributed by atoms with Crippen LogP contribution in [0.25, 0.3) is 0 Å². The Bertz CT molecular complexity index is 689. The maximum atomic E-state index is 12.8. The smallest absolute Gasteiger partial charge is 0.307 e. The first kappa shape index (κ1) is 18.6. The second kappa shape index (κ2) is 8.03. The monoisotopic (exact) mass is 360 g/mol. The van der Waals surface area contributed by atoms with Gasteiger partial charge in [-0.15, -0.1) is 0 Å². The normalized spacial score (nSPS) is 24.0. The van der Waals surface area contributed by atoms with Crippen LogP contribution in [0.4, 0.5) is 0 Å². The fourth-order valence-corrected chi connectivity index (χ4v) is 3.92. The summed E-state index contributed by atoms with van der Waals surface area (Å²) in [5.41, 5.74) is 2.43. The molecule has 2 heterocycles. The predicted octanol–water partition coefficient (Wildman–Crippen LogP) is 1.52. The number of aliphatic carboxylic acids is 1. The molecule has 2 aliphatic rings. The molecule has 0 spiro atoms. The summed E-state index contributed by atoms with van der Waals surface area (Å²) in [5.74, 6) is -1.88. The number of aromatic nitrogens is 2. The highest BCUT2D eigenvalue weighted by atomic mass is 16.4.